The molecule has 20 heavy (non-hydrogen) atoms. The molecule has 0 aromatic carbocycles. The summed E-state index contributed by atoms with van der Waals surface area (Å²) in [6, 6.07) is 0. The third-order valence-electron chi connectivity index (χ3n) is 2.82. The van der Waals surface area contributed by atoms with Gasteiger partial charge in [-0.25, -0.2) is 13.6 Å². The van der Waals surface area contributed by atoms with E-state index in [1.807, 2.05) is 0 Å². The molecule has 1 heterocycles. The van der Waals surface area contributed by atoms with Crippen LogP contribution in [0.25, 0.3) is 0 Å². The lowest BCUT2D eigenvalue weighted by Gasteiger charge is -2.37. The van der Waals surface area contributed by atoms with E-state index in [-0.39, 0.29) is 19.6 Å². The van der Waals surface area contributed by atoms with Gasteiger partial charge in [0.2, 0.25) is 0 Å². The fourth-order valence-electron chi connectivity index (χ4n) is 1.96. The number of carbonyl (C=O) groups is 2. The van der Waals surface area contributed by atoms with Crippen LogP contribution in [0, 0.1) is 5.92 Å². The number of rotatable bonds is 2. The van der Waals surface area contributed by atoms with Crippen molar-refractivity contribution in [1.29, 1.82) is 0 Å². The van der Waals surface area contributed by atoms with Gasteiger partial charge in [-0.15, -0.1) is 0 Å². The van der Waals surface area contributed by atoms with E-state index in [0.717, 1.165) is 4.90 Å². The van der Waals surface area contributed by atoms with Crippen molar-refractivity contribution in [2.75, 3.05) is 19.7 Å². The Morgan fingerprint density at radius 2 is 1.95 bits per heavy atom. The molecule has 0 radical (unpaired) electrons. The highest BCUT2D eigenvalue weighted by atomic mass is 19.3. The number of esters is 1. The lowest BCUT2D eigenvalue weighted by Crippen LogP contribution is -2.54. The predicted molar refractivity (Wildman–Crippen MR) is 67.5 cm³/mol. The molecule has 0 spiro atoms. The molecule has 1 aliphatic heterocycles. The van der Waals surface area contributed by atoms with Gasteiger partial charge in [-0.3, -0.25) is 4.79 Å². The summed E-state index contributed by atoms with van der Waals surface area (Å²) in [5, 5.41) is 0. The largest absolute Gasteiger partial charge is 0.466 e. The molecule has 1 fully saturated rings. The average Bonchev–Trinajstić information content (AvgIpc) is 2.25. The Morgan fingerprint density at radius 3 is 2.40 bits per heavy atom. The van der Waals surface area contributed by atoms with Crippen LogP contribution in [0.15, 0.2) is 0 Å². The summed E-state index contributed by atoms with van der Waals surface area (Å²) >= 11 is 0. The van der Waals surface area contributed by atoms with Crippen LogP contribution in [0.4, 0.5) is 13.6 Å². The van der Waals surface area contributed by atoms with E-state index in [9.17, 15) is 18.4 Å². The topological polar surface area (TPSA) is 55.8 Å². The SMILES string of the molecule is CCOC(=O)[C@@H]1CCN(C(=O)OC(C)(C)C)CC1(F)F. The van der Waals surface area contributed by atoms with Crippen molar-refractivity contribution < 1.29 is 27.8 Å². The maximum absolute atomic E-state index is 13.9. The number of halogens is 2. The molecule has 116 valence electrons. The molecule has 0 aromatic heterocycles. The lowest BCUT2D eigenvalue weighted by atomic mass is 9.93. The molecule has 1 saturated heterocycles. The van der Waals surface area contributed by atoms with E-state index in [1.54, 1.807) is 27.7 Å². The first-order valence-corrected chi connectivity index (χ1v) is 6.59. The number of nitrogens with zero attached hydrogens (tertiary/aromatic N) is 1. The van der Waals surface area contributed by atoms with Gasteiger partial charge in [-0.05, 0) is 34.1 Å². The minimum Gasteiger partial charge on any atom is -0.466 e. The summed E-state index contributed by atoms with van der Waals surface area (Å²) in [4.78, 5) is 24.2. The molecule has 7 heteroatoms. The fraction of sp³-hybridized carbons (Fsp3) is 0.846. The van der Waals surface area contributed by atoms with Crippen molar-refractivity contribution >= 4 is 12.1 Å². The van der Waals surface area contributed by atoms with E-state index in [1.165, 1.54) is 0 Å². The zero-order chi connectivity index (χ0) is 15.6. The maximum atomic E-state index is 13.9. The lowest BCUT2D eigenvalue weighted by molar-refractivity contribution is -0.172. The minimum absolute atomic E-state index is 0.0496. The van der Waals surface area contributed by atoms with Gasteiger partial charge in [-0.2, -0.15) is 0 Å². The molecule has 5 nitrogen and oxygen atoms in total. The van der Waals surface area contributed by atoms with Gasteiger partial charge >= 0.3 is 12.1 Å². The van der Waals surface area contributed by atoms with Crippen molar-refractivity contribution in [3.8, 4) is 0 Å². The van der Waals surface area contributed by atoms with Gasteiger partial charge < -0.3 is 14.4 Å². The van der Waals surface area contributed by atoms with Crippen LogP contribution in [0.1, 0.15) is 34.1 Å². The first-order chi connectivity index (χ1) is 9.07. The summed E-state index contributed by atoms with van der Waals surface area (Å²) in [5.41, 5.74) is -0.746. The third-order valence-corrected chi connectivity index (χ3v) is 2.82. The maximum Gasteiger partial charge on any atom is 0.410 e. The van der Waals surface area contributed by atoms with Gasteiger partial charge in [0.1, 0.15) is 11.5 Å². The molecule has 0 bridgehead atoms. The highest BCUT2D eigenvalue weighted by molar-refractivity contribution is 5.75. The first-order valence-electron chi connectivity index (χ1n) is 6.59. The number of hydrogen-bond donors (Lipinski definition) is 0. The summed E-state index contributed by atoms with van der Waals surface area (Å²) in [6.07, 6.45) is -0.926. The van der Waals surface area contributed by atoms with Gasteiger partial charge in [0.15, 0.2) is 0 Å². The second-order valence-corrected chi connectivity index (χ2v) is 5.76. The second-order valence-electron chi connectivity index (χ2n) is 5.76. The normalized spacial score (nSPS) is 22.3. The summed E-state index contributed by atoms with van der Waals surface area (Å²) in [7, 11) is 0. The number of carbonyl (C=O) groups excluding carboxylic acids is 2. The van der Waals surface area contributed by atoms with E-state index in [0.29, 0.717) is 0 Å². The Bertz CT molecular complexity index is 379. The number of hydrogen-bond acceptors (Lipinski definition) is 4. The molecular weight excluding hydrogens is 272 g/mol. The number of piperidine rings is 1. The van der Waals surface area contributed by atoms with E-state index >= 15 is 0 Å². The van der Waals surface area contributed by atoms with Crippen LogP contribution >= 0.6 is 0 Å². The van der Waals surface area contributed by atoms with Crippen LogP contribution in [-0.4, -0.2) is 48.2 Å². The summed E-state index contributed by atoms with van der Waals surface area (Å²) < 4.78 is 37.6. The monoisotopic (exact) mass is 293 g/mol. The van der Waals surface area contributed by atoms with E-state index in [2.05, 4.69) is 4.74 Å². The van der Waals surface area contributed by atoms with Gasteiger partial charge in [0.05, 0.1) is 13.2 Å². The highest BCUT2D eigenvalue weighted by Crippen LogP contribution is 2.34. The van der Waals surface area contributed by atoms with Crippen LogP contribution in [0.2, 0.25) is 0 Å². The standard InChI is InChI=1S/C13H21F2NO4/c1-5-19-10(17)9-6-7-16(8-13(9,14)15)11(18)20-12(2,3)4/h9H,5-8H2,1-4H3/t9-/m0/s1. The van der Waals surface area contributed by atoms with Crippen molar-refractivity contribution in [2.24, 2.45) is 5.92 Å². The zero-order valence-corrected chi connectivity index (χ0v) is 12.2. The molecule has 1 rings (SSSR count). The molecule has 0 N–H and O–H groups in total. The van der Waals surface area contributed by atoms with Crippen LogP contribution in [0.3, 0.4) is 0 Å². The molecular formula is C13H21F2NO4. The molecule has 0 saturated carbocycles. The van der Waals surface area contributed by atoms with Crippen LogP contribution in [0.5, 0.6) is 0 Å². The van der Waals surface area contributed by atoms with Crippen molar-refractivity contribution in [1.82, 2.24) is 4.90 Å². The zero-order valence-electron chi connectivity index (χ0n) is 12.2. The van der Waals surface area contributed by atoms with E-state index < -0.39 is 36.0 Å². The second kappa shape index (κ2) is 5.93. The molecule has 0 unspecified atom stereocenters. The van der Waals surface area contributed by atoms with Crippen molar-refractivity contribution in [3.05, 3.63) is 0 Å². The van der Waals surface area contributed by atoms with Crippen LogP contribution in [-0.2, 0) is 14.3 Å². The van der Waals surface area contributed by atoms with Crippen LogP contribution < -0.4 is 0 Å². The third kappa shape index (κ3) is 4.31. The Hall–Kier alpha value is -1.40. The highest BCUT2D eigenvalue weighted by Gasteiger charge is 2.50. The molecule has 0 aromatic rings. The number of likely N-dealkylation sites (tertiary alicyclic amines) is 1. The predicted octanol–water partition coefficient (Wildman–Crippen LogP) is 2.44. The Balaban J connectivity index is 2.69. The number of amides is 1. The molecule has 1 aliphatic rings. The summed E-state index contributed by atoms with van der Waals surface area (Å²) in [5.74, 6) is -5.72. The van der Waals surface area contributed by atoms with Crippen molar-refractivity contribution in [3.63, 3.8) is 0 Å². The Morgan fingerprint density at radius 1 is 1.35 bits per heavy atom. The summed E-state index contributed by atoms with van der Waals surface area (Å²) in [6.45, 7) is 5.82. The van der Waals surface area contributed by atoms with E-state index in [4.69, 9.17) is 4.74 Å². The Kier molecular flexibility index (Phi) is 4.94. The molecule has 1 amide bonds. The Labute approximate surface area is 117 Å². The number of alkyl halides is 2. The first kappa shape index (κ1) is 16.7. The fourth-order valence-corrected chi connectivity index (χ4v) is 1.96. The molecule has 0 aliphatic carbocycles. The average molecular weight is 293 g/mol. The van der Waals surface area contributed by atoms with Gasteiger partial charge in [0, 0.05) is 6.54 Å². The van der Waals surface area contributed by atoms with Crippen molar-refractivity contribution in [2.45, 2.75) is 45.6 Å². The van der Waals surface area contributed by atoms with Gasteiger partial charge in [-0.1, -0.05) is 0 Å². The quantitative estimate of drug-likeness (QED) is 0.734. The molecule has 1 atom stereocenters. The van der Waals surface area contributed by atoms with Gasteiger partial charge in [0.25, 0.3) is 5.92 Å². The number of ether oxygens (including phenoxy) is 2. The smallest absolute Gasteiger partial charge is 0.410 e. The minimum atomic E-state index is -3.30.